The lowest BCUT2D eigenvalue weighted by Crippen LogP contribution is -2.44. The van der Waals surface area contributed by atoms with Crippen LogP contribution in [0.25, 0.3) is 22.5 Å². The Labute approximate surface area is 228 Å². The maximum Gasteiger partial charge on any atom is 0.427 e. The van der Waals surface area contributed by atoms with Crippen LogP contribution in [0.4, 0.5) is 19.9 Å². The van der Waals surface area contributed by atoms with Gasteiger partial charge in [-0.25, -0.2) is 23.9 Å². The number of hydrogen-bond donors (Lipinski definition) is 0. The fourth-order valence-corrected chi connectivity index (χ4v) is 4.40. The smallest absolute Gasteiger partial charge is 0.427 e. The average molecular weight is 584 g/mol. The van der Waals surface area contributed by atoms with E-state index in [9.17, 15) is 18.8 Å². The van der Waals surface area contributed by atoms with E-state index >= 15 is 0 Å². The molecule has 0 atom stereocenters. The predicted molar refractivity (Wildman–Crippen MR) is 144 cm³/mol. The van der Waals surface area contributed by atoms with Crippen molar-refractivity contribution in [2.24, 2.45) is 0 Å². The van der Waals surface area contributed by atoms with Gasteiger partial charge in [-0.2, -0.15) is 0 Å². The number of amides is 2. The molecule has 0 aliphatic heterocycles. The maximum atomic E-state index is 13.8. The van der Waals surface area contributed by atoms with Gasteiger partial charge in [-0.1, -0.05) is 34.1 Å². The van der Waals surface area contributed by atoms with Crippen LogP contribution in [-0.2, 0) is 14.8 Å². The minimum Gasteiger partial charge on any atom is -0.443 e. The normalized spacial score (nSPS) is 12.6. The van der Waals surface area contributed by atoms with Gasteiger partial charge in [0.2, 0.25) is 5.95 Å². The third-order valence-corrected chi connectivity index (χ3v) is 5.97. The van der Waals surface area contributed by atoms with Crippen molar-refractivity contribution < 1.29 is 28.2 Å². The summed E-state index contributed by atoms with van der Waals surface area (Å²) in [4.78, 5) is 49.9. The highest BCUT2D eigenvalue weighted by atomic mass is 79.9. The van der Waals surface area contributed by atoms with Gasteiger partial charge in [0.15, 0.2) is 5.78 Å². The molecule has 1 aliphatic carbocycles. The first kappa shape index (κ1) is 27.4. The van der Waals surface area contributed by atoms with E-state index in [4.69, 9.17) is 9.47 Å². The molecule has 0 N–H and O–H groups in total. The second kappa shape index (κ2) is 9.90. The van der Waals surface area contributed by atoms with Gasteiger partial charge in [0.25, 0.3) is 0 Å². The molecule has 2 amide bonds. The summed E-state index contributed by atoms with van der Waals surface area (Å²) >= 11 is 3.46. The quantitative estimate of drug-likeness (QED) is 0.238. The number of alkyl halides is 1. The number of halogens is 2. The third-order valence-electron chi connectivity index (χ3n) is 5.37. The summed E-state index contributed by atoms with van der Waals surface area (Å²) in [6, 6.07) is 10.7. The molecule has 3 aromatic rings. The lowest BCUT2D eigenvalue weighted by molar-refractivity contribution is 0.0427. The van der Waals surface area contributed by atoms with E-state index in [1.54, 1.807) is 53.7 Å². The average Bonchev–Trinajstić information content (AvgIpc) is 3.09. The summed E-state index contributed by atoms with van der Waals surface area (Å²) in [7, 11) is 0. The van der Waals surface area contributed by atoms with E-state index in [0.717, 1.165) is 5.56 Å². The van der Waals surface area contributed by atoms with Crippen LogP contribution in [0.1, 0.15) is 63.0 Å². The Bertz CT molecular complexity index is 1410. The summed E-state index contributed by atoms with van der Waals surface area (Å²) in [6.45, 7) is 9.93. The number of aromatic nitrogens is 2. The Hall–Kier alpha value is -3.66. The van der Waals surface area contributed by atoms with Crippen LogP contribution in [0.2, 0.25) is 0 Å². The van der Waals surface area contributed by atoms with Crippen LogP contribution in [0, 0.1) is 5.82 Å². The number of anilines is 1. The highest BCUT2D eigenvalue weighted by Crippen LogP contribution is 2.43. The maximum absolute atomic E-state index is 13.8. The van der Waals surface area contributed by atoms with E-state index in [0.29, 0.717) is 26.9 Å². The van der Waals surface area contributed by atoms with Gasteiger partial charge in [0.05, 0.1) is 17.0 Å². The molecule has 1 aromatic heterocycles. The van der Waals surface area contributed by atoms with Crippen LogP contribution in [0.5, 0.6) is 0 Å². The molecule has 0 bridgehead atoms. The van der Waals surface area contributed by atoms with Gasteiger partial charge in [0.1, 0.15) is 17.0 Å². The summed E-state index contributed by atoms with van der Waals surface area (Å²) in [5.74, 6) is -1.12. The van der Waals surface area contributed by atoms with E-state index in [1.807, 2.05) is 6.07 Å². The first-order chi connectivity index (χ1) is 17.7. The Morgan fingerprint density at radius 2 is 1.42 bits per heavy atom. The van der Waals surface area contributed by atoms with Crippen LogP contribution in [0.15, 0.2) is 42.5 Å². The number of rotatable bonds is 3. The van der Waals surface area contributed by atoms with Gasteiger partial charge < -0.3 is 9.47 Å². The molecule has 4 rings (SSSR count). The van der Waals surface area contributed by atoms with E-state index in [1.165, 1.54) is 24.3 Å². The first-order valence-corrected chi connectivity index (χ1v) is 13.0. The summed E-state index contributed by atoms with van der Waals surface area (Å²) in [6.07, 6.45) is -2.09. The largest absolute Gasteiger partial charge is 0.443 e. The zero-order chi connectivity index (χ0) is 28.0. The van der Waals surface area contributed by atoms with Gasteiger partial charge >= 0.3 is 12.2 Å². The molecular formula is C28H27BrFN3O5. The topological polar surface area (TPSA) is 98.7 Å². The molecule has 198 valence electrons. The van der Waals surface area contributed by atoms with E-state index in [-0.39, 0.29) is 28.7 Å². The zero-order valence-electron chi connectivity index (χ0n) is 21.9. The Morgan fingerprint density at radius 1 is 0.868 bits per heavy atom. The highest BCUT2D eigenvalue weighted by Gasteiger charge is 2.39. The second-order valence-electron chi connectivity index (χ2n) is 10.7. The lowest BCUT2D eigenvalue weighted by atomic mass is 10.0. The monoisotopic (exact) mass is 583 g/mol. The molecule has 0 spiro atoms. The minimum absolute atomic E-state index is 0.142. The molecule has 10 heteroatoms. The fourth-order valence-electron chi connectivity index (χ4n) is 3.93. The molecule has 0 unspecified atom stereocenters. The predicted octanol–water partition coefficient (Wildman–Crippen LogP) is 7.07. The molecular weight excluding hydrogens is 557 g/mol. The van der Waals surface area contributed by atoms with E-state index in [2.05, 4.69) is 25.9 Å². The number of ether oxygens (including phenoxy) is 2. The van der Waals surface area contributed by atoms with Crippen molar-refractivity contribution in [3.05, 3.63) is 65.0 Å². The molecule has 0 saturated carbocycles. The lowest BCUT2D eigenvalue weighted by Gasteiger charge is -2.28. The second-order valence-corrected chi connectivity index (χ2v) is 11.3. The van der Waals surface area contributed by atoms with Crippen molar-refractivity contribution in [3.63, 3.8) is 0 Å². The first-order valence-electron chi connectivity index (χ1n) is 11.9. The van der Waals surface area contributed by atoms with Crippen molar-refractivity contribution in [2.75, 3.05) is 4.90 Å². The summed E-state index contributed by atoms with van der Waals surface area (Å²) < 4.78 is 24.7. The number of hydrogen-bond acceptors (Lipinski definition) is 7. The molecule has 38 heavy (non-hydrogen) atoms. The molecule has 2 aromatic carbocycles. The van der Waals surface area contributed by atoms with Crippen LogP contribution >= 0.6 is 15.9 Å². The van der Waals surface area contributed by atoms with E-state index < -0.39 is 29.2 Å². The number of imide groups is 1. The van der Waals surface area contributed by atoms with Gasteiger partial charge in [0, 0.05) is 22.0 Å². The van der Waals surface area contributed by atoms with Crippen molar-refractivity contribution in [1.82, 2.24) is 9.97 Å². The fraction of sp³-hybridized carbons (Fsp3) is 0.321. The van der Waals surface area contributed by atoms with Gasteiger partial charge in [-0.15, -0.1) is 4.90 Å². The minimum atomic E-state index is -1.05. The highest BCUT2D eigenvalue weighted by molar-refractivity contribution is 9.08. The number of carbonyl (C=O) groups excluding carboxylic acids is 3. The van der Waals surface area contributed by atoms with Crippen LogP contribution < -0.4 is 4.90 Å². The molecule has 0 radical (unpaired) electrons. The standard InChI is InChI=1S/C28H27BrFN3O5/c1-27(2,3)37-25(35)33(26(36)38-28(4,5)6)24-31-21(15-10-12-17(30)13-11-15)20-22(32-24)19-16(14-29)8-7-9-18(19)23(20)34/h7-13H,14H2,1-6H3. The van der Waals surface area contributed by atoms with Crippen molar-refractivity contribution in [2.45, 2.75) is 58.1 Å². The Kier molecular flexibility index (Phi) is 7.13. The molecule has 0 saturated heterocycles. The number of fused-ring (bicyclic) bond motifs is 3. The molecule has 8 nitrogen and oxygen atoms in total. The Morgan fingerprint density at radius 3 is 1.95 bits per heavy atom. The summed E-state index contributed by atoms with van der Waals surface area (Å²) in [5.41, 5.74) is 0.852. The molecule has 1 aliphatic rings. The zero-order valence-corrected chi connectivity index (χ0v) is 23.5. The van der Waals surface area contributed by atoms with Crippen LogP contribution in [0.3, 0.4) is 0 Å². The molecule has 0 fully saturated rings. The summed E-state index contributed by atoms with van der Waals surface area (Å²) in [5, 5.41) is 0.427. The van der Waals surface area contributed by atoms with Crippen molar-refractivity contribution >= 4 is 39.8 Å². The number of carbonyl (C=O) groups is 3. The van der Waals surface area contributed by atoms with Gasteiger partial charge in [-0.3, -0.25) is 4.79 Å². The molecule has 1 heterocycles. The van der Waals surface area contributed by atoms with Gasteiger partial charge in [-0.05, 0) is 71.4 Å². The number of benzene rings is 2. The number of nitrogens with zero attached hydrogens (tertiary/aromatic N) is 3. The Balaban J connectivity index is 2.02. The van der Waals surface area contributed by atoms with Crippen molar-refractivity contribution in [1.29, 1.82) is 0 Å². The van der Waals surface area contributed by atoms with Crippen molar-refractivity contribution in [3.8, 4) is 22.5 Å². The third kappa shape index (κ3) is 5.45. The number of ketones is 1. The SMILES string of the molecule is CC(C)(C)OC(=O)N(C(=O)OC(C)(C)C)c1nc(-c2ccc(F)cc2)c2c(n1)-c1c(CBr)cccc1C2=O. The van der Waals surface area contributed by atoms with Crippen LogP contribution in [-0.4, -0.2) is 39.1 Å².